The Morgan fingerprint density at radius 1 is 0.848 bits per heavy atom. The minimum Gasteiger partial charge on any atom is -0.481 e. The van der Waals surface area contributed by atoms with Gasteiger partial charge in [0.15, 0.2) is 6.10 Å². The average Bonchev–Trinajstić information content (AvgIpc) is 3.00. The molecule has 0 aliphatic carbocycles. The molecule has 0 spiro atoms. The molecule has 2 N–H and O–H groups in total. The van der Waals surface area contributed by atoms with Crippen LogP contribution in [0.3, 0.4) is 0 Å². The van der Waals surface area contributed by atoms with Crippen molar-refractivity contribution in [1.29, 1.82) is 0 Å². The highest BCUT2D eigenvalue weighted by Gasteiger charge is 2.41. The Balaban J connectivity index is 2.43. The Hall–Kier alpha value is -2.91. The van der Waals surface area contributed by atoms with Gasteiger partial charge in [-0.2, -0.15) is 0 Å². The van der Waals surface area contributed by atoms with Crippen molar-refractivity contribution >= 4 is 29.7 Å². The number of aliphatic carboxylic acids is 1. The van der Waals surface area contributed by atoms with Crippen molar-refractivity contribution < 1.29 is 38.6 Å². The molecule has 0 aromatic rings. The third-order valence-electron chi connectivity index (χ3n) is 8.72. The number of carbonyl (C=O) groups excluding carboxylic acids is 4. The molecule has 2 amide bonds. The standard InChI is InChI=1S/C36H62N2O8/c1-6-7-8-9-10-11-12-13-14-15-16-17-18-19-20-21-32(41)38-24-22-30(23-25-38)31(26-33(42)43)37-35(44)34(46-29(3)40)36(4,5)27-45-28(2)39/h13-14,30-31,34H,6-12,15-27H2,1-5H3,(H,37,44)(H,42,43). The molecule has 0 saturated carbocycles. The average molecular weight is 651 g/mol. The van der Waals surface area contributed by atoms with Gasteiger partial charge in [-0.25, -0.2) is 0 Å². The number of carbonyl (C=O) groups is 5. The second kappa shape index (κ2) is 23.4. The van der Waals surface area contributed by atoms with Crippen LogP contribution in [0.4, 0.5) is 0 Å². The van der Waals surface area contributed by atoms with E-state index in [4.69, 9.17) is 9.47 Å². The Morgan fingerprint density at radius 3 is 1.91 bits per heavy atom. The highest BCUT2D eigenvalue weighted by atomic mass is 16.6. The number of allylic oxidation sites excluding steroid dienone is 2. The molecule has 1 saturated heterocycles. The van der Waals surface area contributed by atoms with Crippen LogP contribution in [0.2, 0.25) is 0 Å². The molecule has 1 heterocycles. The van der Waals surface area contributed by atoms with Crippen LogP contribution in [-0.2, 0) is 33.4 Å². The lowest BCUT2D eigenvalue weighted by Crippen LogP contribution is -2.54. The summed E-state index contributed by atoms with van der Waals surface area (Å²) in [6, 6.07) is -0.699. The van der Waals surface area contributed by atoms with Gasteiger partial charge in [-0.05, 0) is 50.9 Å². The molecular weight excluding hydrogens is 588 g/mol. The van der Waals surface area contributed by atoms with Crippen LogP contribution in [0.15, 0.2) is 12.2 Å². The fourth-order valence-corrected chi connectivity index (χ4v) is 5.94. The molecule has 0 radical (unpaired) electrons. The molecule has 0 bridgehead atoms. The van der Waals surface area contributed by atoms with Gasteiger partial charge < -0.3 is 24.8 Å². The van der Waals surface area contributed by atoms with E-state index in [1.54, 1.807) is 13.8 Å². The number of carboxylic acids is 1. The number of nitrogens with zero attached hydrogens (tertiary/aromatic N) is 1. The fourth-order valence-electron chi connectivity index (χ4n) is 5.94. The predicted octanol–water partition coefficient (Wildman–Crippen LogP) is 6.74. The monoisotopic (exact) mass is 650 g/mol. The lowest BCUT2D eigenvalue weighted by molar-refractivity contribution is -0.167. The molecule has 46 heavy (non-hydrogen) atoms. The summed E-state index contributed by atoms with van der Waals surface area (Å²) >= 11 is 0. The largest absolute Gasteiger partial charge is 0.481 e. The van der Waals surface area contributed by atoms with Crippen molar-refractivity contribution in [3.05, 3.63) is 12.2 Å². The van der Waals surface area contributed by atoms with E-state index in [0.717, 1.165) is 25.7 Å². The molecule has 1 aliphatic rings. The number of rotatable bonds is 24. The number of piperidine rings is 1. The summed E-state index contributed by atoms with van der Waals surface area (Å²) in [4.78, 5) is 62.8. The molecular formula is C36H62N2O8. The zero-order valence-corrected chi connectivity index (χ0v) is 29.3. The minimum absolute atomic E-state index is 0.122. The summed E-state index contributed by atoms with van der Waals surface area (Å²) in [6.45, 7) is 8.80. The first kappa shape index (κ1) is 41.1. The third kappa shape index (κ3) is 18.3. The van der Waals surface area contributed by atoms with Crippen molar-refractivity contribution in [3.63, 3.8) is 0 Å². The number of likely N-dealkylation sites (tertiary alicyclic amines) is 1. The second-order valence-corrected chi connectivity index (χ2v) is 13.5. The van der Waals surface area contributed by atoms with Gasteiger partial charge >= 0.3 is 17.9 Å². The molecule has 0 aromatic heterocycles. The maximum atomic E-state index is 13.3. The first-order chi connectivity index (χ1) is 21.9. The number of ether oxygens (including phenoxy) is 2. The Bertz CT molecular complexity index is 956. The highest BCUT2D eigenvalue weighted by molar-refractivity contribution is 5.85. The normalized spacial score (nSPS) is 15.4. The number of nitrogens with one attached hydrogen (secondary N) is 1. The van der Waals surface area contributed by atoms with E-state index in [9.17, 15) is 29.1 Å². The minimum atomic E-state index is -1.28. The SMILES string of the molecule is CCCCCCCCC=CCCCCCCCC(=O)N1CCC(C(CC(=O)O)NC(=O)C(OC(C)=O)C(C)(C)COC(C)=O)CC1. The molecule has 1 rings (SSSR count). The maximum Gasteiger partial charge on any atom is 0.305 e. The smallest absolute Gasteiger partial charge is 0.305 e. The van der Waals surface area contributed by atoms with Crippen LogP contribution in [0.1, 0.15) is 144 Å². The predicted molar refractivity (Wildman–Crippen MR) is 179 cm³/mol. The van der Waals surface area contributed by atoms with Crippen LogP contribution in [0.25, 0.3) is 0 Å². The van der Waals surface area contributed by atoms with E-state index in [-0.39, 0.29) is 24.9 Å². The van der Waals surface area contributed by atoms with Crippen LogP contribution < -0.4 is 5.32 Å². The van der Waals surface area contributed by atoms with Gasteiger partial charge in [0.05, 0.1) is 6.42 Å². The lowest BCUT2D eigenvalue weighted by Gasteiger charge is -2.38. The molecule has 10 heteroatoms. The van der Waals surface area contributed by atoms with Crippen LogP contribution in [-0.4, -0.2) is 71.6 Å². The molecule has 10 nitrogen and oxygen atoms in total. The van der Waals surface area contributed by atoms with E-state index in [1.165, 1.54) is 71.6 Å². The maximum absolute atomic E-state index is 13.3. The Kier molecular flexibility index (Phi) is 20.9. The van der Waals surface area contributed by atoms with E-state index in [1.807, 2.05) is 4.90 Å². The molecule has 2 unspecified atom stereocenters. The van der Waals surface area contributed by atoms with E-state index >= 15 is 0 Å². The van der Waals surface area contributed by atoms with E-state index in [0.29, 0.717) is 32.4 Å². The molecule has 2 atom stereocenters. The molecule has 264 valence electrons. The topological polar surface area (TPSA) is 139 Å². The van der Waals surface area contributed by atoms with Crippen LogP contribution in [0.5, 0.6) is 0 Å². The Morgan fingerprint density at radius 2 is 1.39 bits per heavy atom. The van der Waals surface area contributed by atoms with E-state index < -0.39 is 41.4 Å². The number of hydrogen-bond acceptors (Lipinski definition) is 7. The third-order valence-corrected chi connectivity index (χ3v) is 8.72. The summed E-state index contributed by atoms with van der Waals surface area (Å²) in [6.07, 6.45) is 20.4. The van der Waals surface area contributed by atoms with Crippen molar-refractivity contribution in [2.45, 2.75) is 156 Å². The Labute approximate surface area is 277 Å². The number of amides is 2. The van der Waals surface area contributed by atoms with Gasteiger partial charge in [0.25, 0.3) is 5.91 Å². The van der Waals surface area contributed by atoms with Gasteiger partial charge in [0.1, 0.15) is 6.61 Å². The first-order valence-corrected chi connectivity index (χ1v) is 17.6. The van der Waals surface area contributed by atoms with E-state index in [2.05, 4.69) is 24.4 Å². The summed E-state index contributed by atoms with van der Waals surface area (Å²) in [5.74, 6) is -2.94. The molecule has 0 aromatic carbocycles. The van der Waals surface area contributed by atoms with Crippen molar-refractivity contribution in [3.8, 4) is 0 Å². The summed E-state index contributed by atoms with van der Waals surface area (Å²) in [5, 5.41) is 12.4. The van der Waals surface area contributed by atoms with Gasteiger partial charge in [0, 0.05) is 44.8 Å². The molecule has 1 fully saturated rings. The summed E-state index contributed by atoms with van der Waals surface area (Å²) in [7, 11) is 0. The lowest BCUT2D eigenvalue weighted by atomic mass is 9.84. The second-order valence-electron chi connectivity index (χ2n) is 13.5. The number of unbranched alkanes of at least 4 members (excludes halogenated alkanes) is 11. The number of carboxylic acid groups (broad SMARTS) is 1. The number of esters is 2. The zero-order valence-electron chi connectivity index (χ0n) is 29.3. The van der Waals surface area contributed by atoms with Gasteiger partial charge in [-0.1, -0.05) is 84.3 Å². The van der Waals surface area contributed by atoms with Crippen molar-refractivity contribution in [2.24, 2.45) is 11.3 Å². The quantitative estimate of drug-likeness (QED) is 0.0665. The summed E-state index contributed by atoms with van der Waals surface area (Å²) < 4.78 is 10.4. The van der Waals surface area contributed by atoms with Crippen molar-refractivity contribution in [1.82, 2.24) is 10.2 Å². The summed E-state index contributed by atoms with van der Waals surface area (Å²) in [5.41, 5.74) is -1.05. The van der Waals surface area contributed by atoms with Gasteiger partial charge in [-0.3, -0.25) is 24.0 Å². The van der Waals surface area contributed by atoms with Gasteiger partial charge in [0.2, 0.25) is 5.91 Å². The van der Waals surface area contributed by atoms with Crippen molar-refractivity contribution in [2.75, 3.05) is 19.7 Å². The van der Waals surface area contributed by atoms with Gasteiger partial charge in [-0.15, -0.1) is 0 Å². The highest BCUT2D eigenvalue weighted by Crippen LogP contribution is 2.28. The van der Waals surface area contributed by atoms with Crippen LogP contribution in [0, 0.1) is 11.3 Å². The molecule has 1 aliphatic heterocycles. The first-order valence-electron chi connectivity index (χ1n) is 17.6. The number of hydrogen-bond donors (Lipinski definition) is 2. The fraction of sp³-hybridized carbons (Fsp3) is 0.806. The zero-order chi connectivity index (χ0) is 34.4. The van der Waals surface area contributed by atoms with Crippen LogP contribution >= 0.6 is 0 Å².